The molecule has 1 aliphatic heterocycles. The van der Waals surface area contributed by atoms with E-state index in [0.717, 1.165) is 23.7 Å². The summed E-state index contributed by atoms with van der Waals surface area (Å²) < 4.78 is 5.91. The van der Waals surface area contributed by atoms with Crippen LogP contribution in [0.3, 0.4) is 0 Å². The van der Waals surface area contributed by atoms with Crippen LogP contribution >= 0.6 is 11.6 Å². The molecular weight excluding hydrogens is 272 g/mol. The van der Waals surface area contributed by atoms with Gasteiger partial charge in [-0.2, -0.15) is 0 Å². The Morgan fingerprint density at radius 3 is 3.15 bits per heavy atom. The fourth-order valence-corrected chi connectivity index (χ4v) is 2.66. The Labute approximate surface area is 123 Å². The van der Waals surface area contributed by atoms with Crippen LogP contribution in [0, 0.1) is 0 Å². The van der Waals surface area contributed by atoms with Crippen molar-refractivity contribution >= 4 is 11.6 Å². The van der Waals surface area contributed by atoms with Gasteiger partial charge in [-0.1, -0.05) is 17.7 Å². The molecule has 1 N–H and O–H groups in total. The molecule has 104 valence electrons. The van der Waals surface area contributed by atoms with Crippen LogP contribution in [0.25, 0.3) is 0 Å². The van der Waals surface area contributed by atoms with E-state index in [1.54, 1.807) is 6.20 Å². The summed E-state index contributed by atoms with van der Waals surface area (Å²) in [5.74, 6) is 0.954. The maximum absolute atomic E-state index is 6.00. The van der Waals surface area contributed by atoms with E-state index in [0.29, 0.717) is 0 Å². The Morgan fingerprint density at radius 2 is 2.35 bits per heavy atom. The van der Waals surface area contributed by atoms with Crippen molar-refractivity contribution in [3.63, 3.8) is 0 Å². The van der Waals surface area contributed by atoms with Crippen LogP contribution in [0.2, 0.25) is 5.02 Å². The molecule has 0 spiro atoms. The van der Waals surface area contributed by atoms with Gasteiger partial charge in [-0.05, 0) is 42.3 Å². The van der Waals surface area contributed by atoms with Gasteiger partial charge in [0.15, 0.2) is 0 Å². The van der Waals surface area contributed by atoms with Crippen molar-refractivity contribution in [2.24, 2.45) is 0 Å². The Hall–Kier alpha value is -1.58. The molecule has 0 radical (unpaired) electrons. The minimum Gasteiger partial charge on any atom is -0.488 e. The summed E-state index contributed by atoms with van der Waals surface area (Å²) in [6.07, 6.45) is 4.75. The van der Waals surface area contributed by atoms with E-state index in [9.17, 15) is 0 Å². The summed E-state index contributed by atoms with van der Waals surface area (Å²) in [6, 6.07) is 10.1. The highest BCUT2D eigenvalue weighted by atomic mass is 35.5. The van der Waals surface area contributed by atoms with Crippen molar-refractivity contribution in [2.75, 3.05) is 6.54 Å². The minimum atomic E-state index is 0.169. The summed E-state index contributed by atoms with van der Waals surface area (Å²) in [5, 5.41) is 4.26. The molecule has 0 saturated carbocycles. The van der Waals surface area contributed by atoms with Gasteiger partial charge in [0, 0.05) is 36.4 Å². The molecule has 3 rings (SSSR count). The third-order valence-corrected chi connectivity index (χ3v) is 3.83. The third-order valence-electron chi connectivity index (χ3n) is 3.60. The number of nitrogens with one attached hydrogen (secondary N) is 1. The zero-order valence-electron chi connectivity index (χ0n) is 11.3. The third kappa shape index (κ3) is 2.94. The van der Waals surface area contributed by atoms with Gasteiger partial charge < -0.3 is 10.1 Å². The number of benzene rings is 1. The lowest BCUT2D eigenvalue weighted by atomic mass is 10.1. The summed E-state index contributed by atoms with van der Waals surface area (Å²) in [7, 11) is 0. The topological polar surface area (TPSA) is 34.1 Å². The van der Waals surface area contributed by atoms with Crippen LogP contribution in [-0.4, -0.2) is 17.6 Å². The number of aromatic nitrogens is 1. The first-order valence-electron chi connectivity index (χ1n) is 6.81. The predicted molar refractivity (Wildman–Crippen MR) is 80.2 cm³/mol. The molecule has 0 fully saturated rings. The van der Waals surface area contributed by atoms with Gasteiger partial charge in [-0.25, -0.2) is 0 Å². The van der Waals surface area contributed by atoms with Gasteiger partial charge in [0.25, 0.3) is 0 Å². The average Bonchev–Trinajstić information content (AvgIpc) is 2.87. The van der Waals surface area contributed by atoms with Gasteiger partial charge in [-0.3, -0.25) is 4.98 Å². The number of pyridine rings is 1. The molecular formula is C16H17ClN2O. The van der Waals surface area contributed by atoms with Crippen molar-refractivity contribution in [3.8, 4) is 5.75 Å². The second-order valence-corrected chi connectivity index (χ2v) is 5.55. The van der Waals surface area contributed by atoms with Crippen LogP contribution in [0.5, 0.6) is 5.75 Å². The maximum atomic E-state index is 6.00. The monoisotopic (exact) mass is 288 g/mol. The lowest BCUT2D eigenvalue weighted by Gasteiger charge is -2.17. The van der Waals surface area contributed by atoms with Crippen molar-refractivity contribution < 1.29 is 4.74 Å². The minimum absolute atomic E-state index is 0.169. The van der Waals surface area contributed by atoms with Crippen LogP contribution in [0.15, 0.2) is 42.7 Å². The Morgan fingerprint density at radius 1 is 1.45 bits per heavy atom. The molecule has 1 aromatic carbocycles. The standard InChI is InChI=1S/C16H17ClN2O/c1-11(12-3-2-6-18-9-12)19-10-15-8-13-7-14(17)4-5-16(13)20-15/h2-7,9,11,15,19H,8,10H2,1H3/t11-,15?/m1/s1. The van der Waals surface area contributed by atoms with E-state index in [1.807, 2.05) is 30.5 Å². The second kappa shape index (κ2) is 5.81. The molecule has 20 heavy (non-hydrogen) atoms. The number of fused-ring (bicyclic) bond motifs is 1. The summed E-state index contributed by atoms with van der Waals surface area (Å²) in [5.41, 5.74) is 2.38. The van der Waals surface area contributed by atoms with Crippen molar-refractivity contribution in [1.82, 2.24) is 10.3 Å². The lowest BCUT2D eigenvalue weighted by Crippen LogP contribution is -2.31. The smallest absolute Gasteiger partial charge is 0.123 e. The number of nitrogens with zero attached hydrogens (tertiary/aromatic N) is 1. The highest BCUT2D eigenvalue weighted by Crippen LogP contribution is 2.31. The van der Waals surface area contributed by atoms with Gasteiger partial charge in [-0.15, -0.1) is 0 Å². The van der Waals surface area contributed by atoms with E-state index in [4.69, 9.17) is 16.3 Å². The van der Waals surface area contributed by atoms with Gasteiger partial charge in [0.1, 0.15) is 11.9 Å². The molecule has 0 saturated heterocycles. The van der Waals surface area contributed by atoms with Crippen molar-refractivity contribution in [2.45, 2.75) is 25.5 Å². The molecule has 3 nitrogen and oxygen atoms in total. The maximum Gasteiger partial charge on any atom is 0.123 e. The molecule has 2 aromatic rings. The van der Waals surface area contributed by atoms with Crippen LogP contribution < -0.4 is 10.1 Å². The van der Waals surface area contributed by atoms with E-state index in [-0.39, 0.29) is 12.1 Å². The number of hydrogen-bond acceptors (Lipinski definition) is 3. The molecule has 1 aromatic heterocycles. The molecule has 1 aliphatic rings. The first-order valence-corrected chi connectivity index (χ1v) is 7.18. The van der Waals surface area contributed by atoms with Gasteiger partial charge in [0.2, 0.25) is 0 Å². The predicted octanol–water partition coefficient (Wildman–Crippen LogP) is 3.39. The molecule has 0 amide bonds. The SMILES string of the molecule is C[C@@H](NCC1Cc2cc(Cl)ccc2O1)c1cccnc1. The fourth-order valence-electron chi connectivity index (χ4n) is 2.46. The number of ether oxygens (including phenoxy) is 1. The largest absolute Gasteiger partial charge is 0.488 e. The highest BCUT2D eigenvalue weighted by Gasteiger charge is 2.23. The molecule has 4 heteroatoms. The molecule has 1 unspecified atom stereocenters. The summed E-state index contributed by atoms with van der Waals surface area (Å²) in [6.45, 7) is 2.94. The lowest BCUT2D eigenvalue weighted by molar-refractivity contribution is 0.222. The fraction of sp³-hybridized carbons (Fsp3) is 0.312. The molecule has 0 aliphatic carbocycles. The Balaban J connectivity index is 1.56. The highest BCUT2D eigenvalue weighted by molar-refractivity contribution is 6.30. The van der Waals surface area contributed by atoms with E-state index in [2.05, 4.69) is 23.3 Å². The second-order valence-electron chi connectivity index (χ2n) is 5.11. The van der Waals surface area contributed by atoms with Gasteiger partial charge >= 0.3 is 0 Å². The number of halogens is 1. The van der Waals surface area contributed by atoms with Crippen molar-refractivity contribution in [3.05, 3.63) is 58.9 Å². The first-order chi connectivity index (χ1) is 9.72. The van der Waals surface area contributed by atoms with Crippen LogP contribution in [0.4, 0.5) is 0 Å². The van der Waals surface area contributed by atoms with E-state index < -0.39 is 0 Å². The van der Waals surface area contributed by atoms with E-state index in [1.165, 1.54) is 11.1 Å². The normalized spacial score (nSPS) is 18.4. The first kappa shape index (κ1) is 13.4. The Bertz CT molecular complexity index is 588. The Kier molecular flexibility index (Phi) is 3.90. The number of rotatable bonds is 4. The zero-order valence-corrected chi connectivity index (χ0v) is 12.1. The number of hydrogen-bond donors (Lipinski definition) is 1. The van der Waals surface area contributed by atoms with E-state index >= 15 is 0 Å². The van der Waals surface area contributed by atoms with Crippen LogP contribution in [0.1, 0.15) is 24.1 Å². The average molecular weight is 289 g/mol. The molecule has 0 bridgehead atoms. The molecule has 2 atom stereocenters. The summed E-state index contributed by atoms with van der Waals surface area (Å²) >= 11 is 6.00. The van der Waals surface area contributed by atoms with Crippen molar-refractivity contribution in [1.29, 1.82) is 0 Å². The summed E-state index contributed by atoms with van der Waals surface area (Å²) in [4.78, 5) is 4.14. The zero-order chi connectivity index (χ0) is 13.9. The molecule has 2 heterocycles. The van der Waals surface area contributed by atoms with Gasteiger partial charge in [0.05, 0.1) is 0 Å². The quantitative estimate of drug-likeness (QED) is 0.936. The van der Waals surface area contributed by atoms with Crippen LogP contribution in [-0.2, 0) is 6.42 Å².